The van der Waals surface area contributed by atoms with Gasteiger partial charge in [0.2, 0.25) is 0 Å². The Morgan fingerprint density at radius 1 is 1.43 bits per heavy atom. The molecule has 0 saturated carbocycles. The van der Waals surface area contributed by atoms with Gasteiger partial charge in [-0.25, -0.2) is 0 Å². The average Bonchev–Trinajstić information content (AvgIpc) is 1.30. The van der Waals surface area contributed by atoms with E-state index < -0.39 is 0 Å². The number of rotatable bonds is 2. The molecule has 0 aromatic rings. The van der Waals surface area contributed by atoms with Crippen molar-refractivity contribution in [3.63, 3.8) is 0 Å². The van der Waals surface area contributed by atoms with Crippen LogP contribution in [0.5, 0.6) is 0 Å². The van der Waals surface area contributed by atoms with Gasteiger partial charge in [-0.1, -0.05) is 0 Å². The highest BCUT2D eigenvalue weighted by Crippen LogP contribution is 2.02. The van der Waals surface area contributed by atoms with Crippen molar-refractivity contribution >= 4 is 0 Å². The smallest absolute Gasteiger partial charge is 0.0280 e. The molecule has 0 atom stereocenters. The van der Waals surface area contributed by atoms with E-state index in [2.05, 4.69) is 0 Å². The molecule has 42 valence electrons. The molecule has 0 amide bonds. The van der Waals surface area contributed by atoms with Gasteiger partial charge in [0.1, 0.15) is 0 Å². The zero-order chi connectivity index (χ0) is 5.91. The average molecular weight is 100 g/mol. The molecular formula is C5H12N2. The van der Waals surface area contributed by atoms with E-state index in [1.54, 1.807) is 0 Å². The lowest BCUT2D eigenvalue weighted by Crippen LogP contribution is -2.22. The van der Waals surface area contributed by atoms with Gasteiger partial charge in [-0.05, 0) is 20.3 Å². The van der Waals surface area contributed by atoms with Crippen LogP contribution in [0.4, 0.5) is 0 Å². The van der Waals surface area contributed by atoms with Crippen molar-refractivity contribution in [2.45, 2.75) is 25.8 Å². The van der Waals surface area contributed by atoms with Gasteiger partial charge in [0, 0.05) is 12.1 Å². The van der Waals surface area contributed by atoms with Crippen LogP contribution >= 0.6 is 0 Å². The summed E-state index contributed by atoms with van der Waals surface area (Å²) in [5.74, 6) is 0. The zero-order valence-corrected chi connectivity index (χ0v) is 4.91. The van der Waals surface area contributed by atoms with E-state index in [9.17, 15) is 0 Å². The summed E-state index contributed by atoms with van der Waals surface area (Å²) in [5.41, 5.74) is 13.6. The van der Waals surface area contributed by atoms with Crippen molar-refractivity contribution in [1.82, 2.24) is 11.5 Å². The van der Waals surface area contributed by atoms with E-state index in [4.69, 9.17) is 11.5 Å². The lowest BCUT2D eigenvalue weighted by molar-refractivity contribution is 0.464. The minimum Gasteiger partial charge on any atom is -0.258 e. The summed E-state index contributed by atoms with van der Waals surface area (Å²) < 4.78 is 0. The molecule has 0 heterocycles. The summed E-state index contributed by atoms with van der Waals surface area (Å²) in [6, 6.07) is 0. The summed E-state index contributed by atoms with van der Waals surface area (Å²) in [6.07, 6.45) is 0.674. The fraction of sp³-hybridized carbons (Fsp3) is 1.00. The Labute approximate surface area is 44.9 Å². The normalized spacial score (nSPS) is 12.0. The second kappa shape index (κ2) is 2.28. The predicted molar refractivity (Wildman–Crippen MR) is 29.8 cm³/mol. The molecule has 0 aromatic heterocycles. The molecule has 0 bridgehead atoms. The Morgan fingerprint density at radius 2 is 1.86 bits per heavy atom. The first-order chi connectivity index (χ1) is 3.06. The topological polar surface area (TPSA) is 47.6 Å². The minimum absolute atomic E-state index is 0.372. The minimum atomic E-state index is -0.387. The molecule has 2 N–H and O–H groups in total. The molecule has 0 saturated heterocycles. The molecule has 0 aliphatic heterocycles. The maximum atomic E-state index is 7.21. The highest BCUT2D eigenvalue weighted by Gasteiger charge is 2.08. The molecule has 2 radical (unpaired) electrons. The van der Waals surface area contributed by atoms with E-state index in [1.807, 2.05) is 13.8 Å². The first kappa shape index (κ1) is 6.92. The van der Waals surface area contributed by atoms with Crippen LogP contribution in [0.25, 0.3) is 0 Å². The maximum absolute atomic E-state index is 7.21. The monoisotopic (exact) mass is 100 g/mol. The van der Waals surface area contributed by atoms with Crippen LogP contribution in [-0.4, -0.2) is 12.1 Å². The first-order valence-corrected chi connectivity index (χ1v) is 2.46. The van der Waals surface area contributed by atoms with Crippen molar-refractivity contribution in [3.8, 4) is 0 Å². The van der Waals surface area contributed by atoms with E-state index in [-0.39, 0.29) is 5.54 Å². The molecule has 0 unspecified atom stereocenters. The molecule has 0 fully saturated rings. The quantitative estimate of drug-likeness (QED) is 0.491. The Balaban J connectivity index is 3.15. The third-order valence-corrected chi connectivity index (χ3v) is 0.750. The van der Waals surface area contributed by atoms with Crippen molar-refractivity contribution < 1.29 is 0 Å². The molecule has 0 rings (SSSR count). The number of nitrogens with one attached hydrogen (secondary N) is 2. The Kier molecular flexibility index (Phi) is 2.26. The lowest BCUT2D eigenvalue weighted by atomic mass is 10.0. The second-order valence-corrected chi connectivity index (χ2v) is 2.38. The predicted octanol–water partition coefficient (Wildman–Crippen LogP) is 0.721. The van der Waals surface area contributed by atoms with Crippen LogP contribution in [0.3, 0.4) is 0 Å². The lowest BCUT2D eigenvalue weighted by Gasteiger charge is -2.13. The van der Waals surface area contributed by atoms with Crippen LogP contribution in [-0.2, 0) is 0 Å². The van der Waals surface area contributed by atoms with Crippen LogP contribution < -0.4 is 11.5 Å². The second-order valence-electron chi connectivity index (χ2n) is 2.38. The zero-order valence-electron chi connectivity index (χ0n) is 4.91. The Hall–Kier alpha value is -0.0800. The van der Waals surface area contributed by atoms with Gasteiger partial charge in [0.25, 0.3) is 0 Å². The third-order valence-electron chi connectivity index (χ3n) is 0.750. The van der Waals surface area contributed by atoms with Crippen LogP contribution in [0.1, 0.15) is 20.3 Å². The molecule has 0 aliphatic carbocycles. The standard InChI is InChI=1S/C5H12N2/c1-5(2,7)3-4-6/h6-7H,3-4H2,1-2H3. The van der Waals surface area contributed by atoms with Crippen LogP contribution in [0.2, 0.25) is 0 Å². The fourth-order valence-electron chi connectivity index (χ4n) is 0.312. The number of hydrogen-bond donors (Lipinski definition) is 0. The SMILES string of the molecule is CC(C)([NH])CC[NH]. The van der Waals surface area contributed by atoms with E-state index >= 15 is 0 Å². The first-order valence-electron chi connectivity index (χ1n) is 2.46. The largest absolute Gasteiger partial charge is 0.258 e. The molecular weight excluding hydrogens is 88.1 g/mol. The van der Waals surface area contributed by atoms with E-state index in [0.29, 0.717) is 13.0 Å². The molecule has 7 heavy (non-hydrogen) atoms. The van der Waals surface area contributed by atoms with Gasteiger partial charge in [-0.3, -0.25) is 11.5 Å². The van der Waals surface area contributed by atoms with Gasteiger partial charge in [0.15, 0.2) is 0 Å². The molecule has 0 spiro atoms. The van der Waals surface area contributed by atoms with Crippen molar-refractivity contribution in [2.24, 2.45) is 0 Å². The fourth-order valence-corrected chi connectivity index (χ4v) is 0.312. The Bertz CT molecular complexity index is 44.5. The summed E-state index contributed by atoms with van der Waals surface area (Å²) in [7, 11) is 0. The molecule has 2 heteroatoms. The van der Waals surface area contributed by atoms with Crippen molar-refractivity contribution in [1.29, 1.82) is 0 Å². The van der Waals surface area contributed by atoms with Gasteiger partial charge in [-0.15, -0.1) is 0 Å². The molecule has 0 aromatic carbocycles. The summed E-state index contributed by atoms with van der Waals surface area (Å²) in [5, 5.41) is 0. The summed E-state index contributed by atoms with van der Waals surface area (Å²) in [4.78, 5) is 0. The van der Waals surface area contributed by atoms with Gasteiger partial charge < -0.3 is 0 Å². The van der Waals surface area contributed by atoms with E-state index in [0.717, 1.165) is 0 Å². The summed E-state index contributed by atoms with van der Waals surface area (Å²) in [6.45, 7) is 4.01. The van der Waals surface area contributed by atoms with Gasteiger partial charge in [-0.2, -0.15) is 0 Å². The van der Waals surface area contributed by atoms with Gasteiger partial charge >= 0.3 is 0 Å². The van der Waals surface area contributed by atoms with Crippen molar-refractivity contribution in [3.05, 3.63) is 0 Å². The number of hydrogen-bond acceptors (Lipinski definition) is 0. The third kappa shape index (κ3) is 5.92. The van der Waals surface area contributed by atoms with Crippen molar-refractivity contribution in [2.75, 3.05) is 6.54 Å². The molecule has 0 aliphatic rings. The van der Waals surface area contributed by atoms with Crippen LogP contribution in [0.15, 0.2) is 0 Å². The van der Waals surface area contributed by atoms with Gasteiger partial charge in [0.05, 0.1) is 0 Å². The Morgan fingerprint density at radius 3 is 1.86 bits per heavy atom. The maximum Gasteiger partial charge on any atom is 0.0280 e. The van der Waals surface area contributed by atoms with E-state index in [1.165, 1.54) is 0 Å². The highest BCUT2D eigenvalue weighted by molar-refractivity contribution is 4.69. The van der Waals surface area contributed by atoms with Crippen LogP contribution in [0, 0.1) is 0 Å². The molecule has 2 nitrogen and oxygen atoms in total. The summed E-state index contributed by atoms with van der Waals surface area (Å²) >= 11 is 0. The highest BCUT2D eigenvalue weighted by atomic mass is 14.7.